The molecule has 5 rings (SSSR count). The van der Waals surface area contributed by atoms with Crippen molar-refractivity contribution < 1.29 is 17.6 Å². The van der Waals surface area contributed by atoms with Crippen molar-refractivity contribution in [3.05, 3.63) is 65.6 Å². The summed E-state index contributed by atoms with van der Waals surface area (Å²) in [5, 5.41) is 7.79. The molecule has 188 valence electrons. The van der Waals surface area contributed by atoms with Gasteiger partial charge >= 0.3 is 6.18 Å². The number of piperazine rings is 1. The number of nitrogens with one attached hydrogen (secondary N) is 1. The minimum absolute atomic E-state index is 0.0640. The molecule has 0 radical (unpaired) electrons. The highest BCUT2D eigenvalue weighted by Crippen LogP contribution is 2.40. The van der Waals surface area contributed by atoms with Gasteiger partial charge in [-0.25, -0.2) is 4.39 Å². The maximum Gasteiger partial charge on any atom is 0.417 e. The van der Waals surface area contributed by atoms with E-state index in [1.54, 1.807) is 0 Å². The van der Waals surface area contributed by atoms with Gasteiger partial charge in [-0.3, -0.25) is 10.1 Å². The summed E-state index contributed by atoms with van der Waals surface area (Å²) >= 11 is 0. The Kier molecular flexibility index (Phi) is 6.17. The highest BCUT2D eigenvalue weighted by atomic mass is 19.4. The molecule has 1 aliphatic heterocycles. The quantitative estimate of drug-likeness (QED) is 0.378. The van der Waals surface area contributed by atoms with Gasteiger partial charge in [-0.05, 0) is 49.9 Å². The first-order valence-electron chi connectivity index (χ1n) is 11.7. The van der Waals surface area contributed by atoms with Crippen LogP contribution < -0.4 is 10.6 Å². The van der Waals surface area contributed by atoms with Crippen molar-refractivity contribution in [1.82, 2.24) is 20.1 Å². The van der Waals surface area contributed by atoms with E-state index in [-0.39, 0.29) is 11.3 Å². The van der Waals surface area contributed by atoms with Gasteiger partial charge in [-0.2, -0.15) is 18.3 Å². The molecule has 3 heterocycles. The number of nitrogens with zero attached hydrogens (tertiary/aromatic N) is 4. The summed E-state index contributed by atoms with van der Waals surface area (Å²) in [5.41, 5.74) is 6.94. The molecule has 1 fully saturated rings. The molecule has 1 aliphatic rings. The smallest absolute Gasteiger partial charge is 0.369 e. The number of hydrogen-bond acceptors (Lipinski definition) is 5. The van der Waals surface area contributed by atoms with E-state index in [1.807, 2.05) is 24.3 Å². The number of fused-ring (bicyclic) bond motifs is 1. The predicted octanol–water partition coefficient (Wildman–Crippen LogP) is 5.22. The lowest BCUT2D eigenvalue weighted by molar-refractivity contribution is -0.137. The SMILES string of the molecule is CC(N)c1cc(F)c(-c2cc3c(-c4ccc(N5CCN(C)CC5)cc4)n[nH]c3cn2)c(C(F)(F)F)c1. The second kappa shape index (κ2) is 9.18. The van der Waals surface area contributed by atoms with Gasteiger partial charge in [-0.15, -0.1) is 0 Å². The zero-order valence-corrected chi connectivity index (χ0v) is 19.9. The summed E-state index contributed by atoms with van der Waals surface area (Å²) in [5.74, 6) is -1.02. The molecule has 1 unspecified atom stereocenters. The van der Waals surface area contributed by atoms with E-state index in [2.05, 4.69) is 32.0 Å². The van der Waals surface area contributed by atoms with Crippen LogP contribution in [0.25, 0.3) is 33.4 Å². The molecule has 36 heavy (non-hydrogen) atoms. The number of aromatic nitrogens is 3. The van der Waals surface area contributed by atoms with E-state index < -0.39 is 29.2 Å². The van der Waals surface area contributed by atoms with Gasteiger partial charge < -0.3 is 15.5 Å². The third-order valence-electron chi connectivity index (χ3n) is 6.66. The van der Waals surface area contributed by atoms with Gasteiger partial charge in [0.15, 0.2) is 0 Å². The molecule has 2 aromatic heterocycles. The van der Waals surface area contributed by atoms with Crippen LogP contribution in [0.15, 0.2) is 48.7 Å². The number of aromatic amines is 1. The van der Waals surface area contributed by atoms with Gasteiger partial charge in [0.1, 0.15) is 11.5 Å². The van der Waals surface area contributed by atoms with E-state index in [1.165, 1.54) is 19.2 Å². The fourth-order valence-corrected chi connectivity index (χ4v) is 4.54. The van der Waals surface area contributed by atoms with Crippen molar-refractivity contribution in [2.75, 3.05) is 38.1 Å². The van der Waals surface area contributed by atoms with Crippen molar-refractivity contribution in [2.24, 2.45) is 5.73 Å². The van der Waals surface area contributed by atoms with E-state index >= 15 is 4.39 Å². The average Bonchev–Trinajstić information content (AvgIpc) is 3.27. The number of likely N-dealkylation sites (N-methyl/N-ethyl adjacent to an activating group) is 1. The van der Waals surface area contributed by atoms with E-state index in [4.69, 9.17) is 5.73 Å². The minimum atomic E-state index is -4.78. The molecule has 0 bridgehead atoms. The third kappa shape index (κ3) is 4.54. The minimum Gasteiger partial charge on any atom is -0.369 e. The van der Waals surface area contributed by atoms with E-state index in [0.29, 0.717) is 16.6 Å². The Labute approximate surface area is 205 Å². The second-order valence-electron chi connectivity index (χ2n) is 9.24. The van der Waals surface area contributed by atoms with Crippen LogP contribution in [0.4, 0.5) is 23.2 Å². The van der Waals surface area contributed by atoms with Crippen LogP contribution in [0.5, 0.6) is 0 Å². The third-order valence-corrected chi connectivity index (χ3v) is 6.66. The molecule has 6 nitrogen and oxygen atoms in total. The molecule has 2 aromatic carbocycles. The van der Waals surface area contributed by atoms with Gasteiger partial charge in [0, 0.05) is 54.4 Å². The maximum absolute atomic E-state index is 15.1. The highest BCUT2D eigenvalue weighted by Gasteiger charge is 2.36. The molecule has 0 aliphatic carbocycles. The number of benzene rings is 2. The normalized spacial score (nSPS) is 16.0. The fourth-order valence-electron chi connectivity index (χ4n) is 4.54. The summed E-state index contributed by atoms with van der Waals surface area (Å²) in [4.78, 5) is 8.71. The molecule has 0 saturated carbocycles. The lowest BCUT2D eigenvalue weighted by atomic mass is 9.96. The van der Waals surface area contributed by atoms with Crippen LogP contribution in [0, 0.1) is 5.82 Å². The number of hydrogen-bond donors (Lipinski definition) is 2. The summed E-state index contributed by atoms with van der Waals surface area (Å²) in [7, 11) is 2.10. The monoisotopic (exact) mass is 498 g/mol. The Bertz CT molecular complexity index is 1390. The Hall–Kier alpha value is -3.50. The fraction of sp³-hybridized carbons (Fsp3) is 0.308. The first-order chi connectivity index (χ1) is 17.1. The van der Waals surface area contributed by atoms with Crippen LogP contribution in [0.1, 0.15) is 24.1 Å². The number of anilines is 1. The van der Waals surface area contributed by atoms with Crippen molar-refractivity contribution in [2.45, 2.75) is 19.1 Å². The number of halogens is 4. The molecule has 3 N–H and O–H groups in total. The standard InChI is InChI=1S/C26H26F4N6/c1-15(31)17-11-20(26(28,29)30)24(21(27)12-17)22-13-19-23(14-32-22)33-34-25(19)16-3-5-18(6-4-16)36-9-7-35(2)8-10-36/h3-6,11-15H,7-10,31H2,1-2H3,(H,33,34). The Balaban J connectivity index is 1.55. The van der Waals surface area contributed by atoms with Crippen LogP contribution >= 0.6 is 0 Å². The predicted molar refractivity (Wildman–Crippen MR) is 132 cm³/mol. The van der Waals surface area contributed by atoms with Gasteiger partial charge in [0.2, 0.25) is 0 Å². The number of rotatable bonds is 4. The van der Waals surface area contributed by atoms with Crippen LogP contribution in [-0.2, 0) is 6.18 Å². The molecular formula is C26H26F4N6. The van der Waals surface area contributed by atoms with Gasteiger partial charge in [0.05, 0.1) is 23.0 Å². The van der Waals surface area contributed by atoms with Crippen LogP contribution in [0.2, 0.25) is 0 Å². The Morgan fingerprint density at radius 1 is 1.03 bits per heavy atom. The lowest BCUT2D eigenvalue weighted by Crippen LogP contribution is -2.44. The zero-order valence-electron chi connectivity index (χ0n) is 19.9. The lowest BCUT2D eigenvalue weighted by Gasteiger charge is -2.34. The van der Waals surface area contributed by atoms with Crippen molar-refractivity contribution in [3.63, 3.8) is 0 Å². The molecule has 0 spiro atoms. The zero-order chi connectivity index (χ0) is 25.6. The molecule has 1 saturated heterocycles. The number of H-pyrrole nitrogens is 1. The molecule has 4 aromatic rings. The summed E-state index contributed by atoms with van der Waals surface area (Å²) in [6.07, 6.45) is -3.41. The number of pyridine rings is 1. The topological polar surface area (TPSA) is 74.1 Å². The summed E-state index contributed by atoms with van der Waals surface area (Å²) < 4.78 is 56.8. The molecule has 10 heteroatoms. The van der Waals surface area contributed by atoms with Crippen LogP contribution in [0.3, 0.4) is 0 Å². The van der Waals surface area contributed by atoms with Gasteiger partial charge in [-0.1, -0.05) is 12.1 Å². The molecular weight excluding hydrogens is 472 g/mol. The molecule has 1 atom stereocenters. The number of nitrogens with two attached hydrogens (primary N) is 1. The maximum atomic E-state index is 15.1. The average molecular weight is 499 g/mol. The Morgan fingerprint density at radius 2 is 1.72 bits per heavy atom. The van der Waals surface area contributed by atoms with Crippen molar-refractivity contribution in [1.29, 1.82) is 0 Å². The van der Waals surface area contributed by atoms with Crippen LogP contribution in [-0.4, -0.2) is 53.3 Å². The molecule has 0 amide bonds. The second-order valence-corrected chi connectivity index (χ2v) is 9.24. The Morgan fingerprint density at radius 3 is 2.36 bits per heavy atom. The van der Waals surface area contributed by atoms with E-state index in [0.717, 1.165) is 49.6 Å². The summed E-state index contributed by atoms with van der Waals surface area (Å²) in [6, 6.07) is 10.5. The first kappa shape index (κ1) is 24.2. The first-order valence-corrected chi connectivity index (χ1v) is 11.7. The number of alkyl halides is 3. The van der Waals surface area contributed by atoms with Crippen molar-refractivity contribution in [3.8, 4) is 22.5 Å². The largest absolute Gasteiger partial charge is 0.417 e. The van der Waals surface area contributed by atoms with Gasteiger partial charge in [0.25, 0.3) is 0 Å². The highest BCUT2D eigenvalue weighted by molar-refractivity contribution is 5.95. The van der Waals surface area contributed by atoms with E-state index in [9.17, 15) is 13.2 Å². The van der Waals surface area contributed by atoms with Crippen molar-refractivity contribution >= 4 is 16.6 Å². The summed E-state index contributed by atoms with van der Waals surface area (Å²) in [6.45, 7) is 5.36.